The lowest BCUT2D eigenvalue weighted by atomic mass is 9.77. The summed E-state index contributed by atoms with van der Waals surface area (Å²) in [4.78, 5) is 0. The van der Waals surface area contributed by atoms with Crippen molar-refractivity contribution in [3.05, 3.63) is 60.6 Å². The van der Waals surface area contributed by atoms with Crippen molar-refractivity contribution in [3.8, 4) is 5.75 Å². The maximum atomic E-state index is 6.53. The first-order chi connectivity index (χ1) is 18.2. The second kappa shape index (κ2) is 11.2. The molecule has 1 aromatic rings. The van der Waals surface area contributed by atoms with Gasteiger partial charge in [-0.1, -0.05) is 49.4 Å². The van der Waals surface area contributed by atoms with Gasteiger partial charge in [0.15, 0.2) is 0 Å². The van der Waals surface area contributed by atoms with E-state index in [0.29, 0.717) is 6.61 Å². The summed E-state index contributed by atoms with van der Waals surface area (Å²) in [5.74, 6) is 0.131. The molecule has 3 fully saturated rings. The Bertz CT molecular complexity index is 1040. The van der Waals surface area contributed by atoms with E-state index < -0.39 is 31.2 Å². The zero-order chi connectivity index (χ0) is 28.5. The highest BCUT2D eigenvalue weighted by atomic mass is 16.7. The predicted octanol–water partition coefficient (Wildman–Crippen LogP) is 6.34. The number of hydrogen-bond donors (Lipinski definition) is 0. The summed E-state index contributed by atoms with van der Waals surface area (Å²) >= 11 is 0. The summed E-state index contributed by atoms with van der Waals surface area (Å²) in [6.07, 6.45) is 12.7. The minimum absolute atomic E-state index is 0.372. The van der Waals surface area contributed by atoms with Crippen LogP contribution in [0.3, 0.4) is 0 Å². The average Bonchev–Trinajstić information content (AvgIpc) is 3.21. The quantitative estimate of drug-likeness (QED) is 0.209. The molecule has 1 saturated carbocycles. The summed E-state index contributed by atoms with van der Waals surface area (Å²) < 4.78 is 37.8. The van der Waals surface area contributed by atoms with Crippen LogP contribution in [0.4, 0.5) is 0 Å². The lowest BCUT2D eigenvalue weighted by molar-refractivity contribution is -0.194. The van der Waals surface area contributed by atoms with Crippen LogP contribution in [-0.4, -0.2) is 49.0 Å². The van der Waals surface area contributed by atoms with Crippen LogP contribution in [0.15, 0.2) is 60.6 Å². The molecule has 39 heavy (non-hydrogen) atoms. The van der Waals surface area contributed by atoms with Crippen molar-refractivity contribution in [1.29, 1.82) is 0 Å². The van der Waals surface area contributed by atoms with Crippen LogP contribution in [0.5, 0.6) is 5.75 Å². The van der Waals surface area contributed by atoms with E-state index in [-0.39, 0.29) is 11.2 Å². The predicted molar refractivity (Wildman–Crippen MR) is 158 cm³/mol. The van der Waals surface area contributed by atoms with Gasteiger partial charge in [0.1, 0.15) is 5.75 Å². The van der Waals surface area contributed by atoms with Crippen molar-refractivity contribution >= 4 is 19.7 Å². The molecule has 1 aliphatic carbocycles. The van der Waals surface area contributed by atoms with Gasteiger partial charge in [-0.2, -0.15) is 0 Å². The highest BCUT2D eigenvalue weighted by Crippen LogP contribution is 2.39. The zero-order valence-corrected chi connectivity index (χ0v) is 25.2. The maximum absolute atomic E-state index is 6.53. The Kier molecular flexibility index (Phi) is 8.66. The van der Waals surface area contributed by atoms with Gasteiger partial charge in [0.2, 0.25) is 5.79 Å². The van der Waals surface area contributed by atoms with E-state index in [1.807, 2.05) is 42.5 Å². The first kappa shape index (κ1) is 30.1. The Morgan fingerprint density at radius 1 is 0.821 bits per heavy atom. The average molecular weight is 536 g/mol. The fourth-order valence-electron chi connectivity index (χ4n) is 4.97. The molecule has 0 unspecified atom stereocenters. The Morgan fingerprint density at radius 2 is 1.36 bits per heavy atom. The first-order valence-corrected chi connectivity index (χ1v) is 14.3. The molecule has 0 bridgehead atoms. The third kappa shape index (κ3) is 6.57. The van der Waals surface area contributed by atoms with Gasteiger partial charge >= 0.3 is 14.2 Å². The van der Waals surface area contributed by atoms with Gasteiger partial charge in [0.05, 0.1) is 29.0 Å². The second-order valence-electron chi connectivity index (χ2n) is 12.9. The maximum Gasteiger partial charge on any atom is 0.494 e. The fourth-order valence-corrected chi connectivity index (χ4v) is 4.97. The van der Waals surface area contributed by atoms with Crippen LogP contribution in [0.25, 0.3) is 0 Å². The highest BCUT2D eigenvalue weighted by molar-refractivity contribution is 6.62. The van der Waals surface area contributed by atoms with Gasteiger partial charge in [-0.15, -0.1) is 0 Å². The van der Waals surface area contributed by atoms with Gasteiger partial charge < -0.3 is 28.1 Å². The van der Waals surface area contributed by atoms with Gasteiger partial charge in [0.25, 0.3) is 0 Å². The van der Waals surface area contributed by atoms with Crippen LogP contribution in [0.2, 0.25) is 0 Å². The van der Waals surface area contributed by atoms with Crippen LogP contribution < -0.4 is 10.2 Å². The van der Waals surface area contributed by atoms with E-state index >= 15 is 0 Å². The molecule has 0 atom stereocenters. The molecule has 2 saturated heterocycles. The molecule has 0 aromatic heterocycles. The largest absolute Gasteiger partial charge is 0.494 e. The van der Waals surface area contributed by atoms with E-state index in [1.54, 1.807) is 6.08 Å². The topological polar surface area (TPSA) is 55.4 Å². The Balaban J connectivity index is 1.40. The van der Waals surface area contributed by atoms with Gasteiger partial charge in [-0.3, -0.25) is 0 Å². The number of allylic oxidation sites excluding steroid dienone is 4. The molecule has 4 rings (SSSR count). The summed E-state index contributed by atoms with van der Waals surface area (Å²) in [6, 6.07) is 8.01. The molecule has 1 aromatic carbocycles. The van der Waals surface area contributed by atoms with Crippen molar-refractivity contribution in [1.82, 2.24) is 0 Å². The minimum Gasteiger partial charge on any atom is -0.462 e. The molecule has 0 N–H and O–H groups in total. The summed E-state index contributed by atoms with van der Waals surface area (Å²) in [5.41, 5.74) is 0.337. The minimum atomic E-state index is -0.652. The van der Waals surface area contributed by atoms with Crippen LogP contribution in [0.1, 0.15) is 87.5 Å². The molecular weight excluding hydrogens is 490 g/mol. The van der Waals surface area contributed by atoms with E-state index in [0.717, 1.165) is 42.4 Å². The molecule has 0 radical (unpaired) electrons. The molecule has 8 heteroatoms. The van der Waals surface area contributed by atoms with Crippen molar-refractivity contribution in [2.75, 3.05) is 6.61 Å². The standard InChI is InChI=1S/C31H46B2O6/c1-10-15-24(32-36-27(2,3)28(4,5)37-32)16-14-23-34-31(21-12-11-13-22-31)35-26-19-17-25(18-20-26)33-38-29(6,7)30(8,9)39-33/h10,14-20H,1,11-13,21-23H2,2-9H3/b16-14-,24-15+. The van der Waals surface area contributed by atoms with Crippen molar-refractivity contribution in [3.63, 3.8) is 0 Å². The molecule has 2 aliphatic heterocycles. The number of benzene rings is 1. The van der Waals surface area contributed by atoms with Gasteiger partial charge in [0, 0.05) is 12.8 Å². The van der Waals surface area contributed by atoms with E-state index in [4.69, 9.17) is 28.1 Å². The molecule has 2 heterocycles. The Labute approximate surface area is 236 Å². The number of ether oxygens (including phenoxy) is 2. The van der Waals surface area contributed by atoms with E-state index in [9.17, 15) is 0 Å². The first-order valence-electron chi connectivity index (χ1n) is 14.3. The van der Waals surface area contributed by atoms with E-state index in [2.05, 4.69) is 62.0 Å². The van der Waals surface area contributed by atoms with Gasteiger partial charge in [-0.25, -0.2) is 0 Å². The number of hydrogen-bond acceptors (Lipinski definition) is 6. The third-order valence-electron chi connectivity index (χ3n) is 8.91. The van der Waals surface area contributed by atoms with Crippen LogP contribution in [0, 0.1) is 0 Å². The molecule has 212 valence electrons. The van der Waals surface area contributed by atoms with E-state index in [1.165, 1.54) is 6.42 Å². The van der Waals surface area contributed by atoms with Gasteiger partial charge in [-0.05, 0) is 91.3 Å². The summed E-state index contributed by atoms with van der Waals surface area (Å²) in [7, 11) is -0.845. The summed E-state index contributed by atoms with van der Waals surface area (Å²) in [5, 5.41) is 0. The van der Waals surface area contributed by atoms with Crippen molar-refractivity contribution in [2.45, 2.75) is 116 Å². The Hall–Kier alpha value is -1.83. The SMILES string of the molecule is C=C/C=C(\C=C/COC1(Oc2ccc(B3OC(C)(C)C(C)(C)O3)cc2)CCCCC1)B1OC(C)(C)C(C)(C)O1. The third-order valence-corrected chi connectivity index (χ3v) is 8.91. The van der Waals surface area contributed by atoms with Crippen molar-refractivity contribution < 1.29 is 28.1 Å². The van der Waals surface area contributed by atoms with Crippen LogP contribution in [-0.2, 0) is 23.4 Å². The monoisotopic (exact) mass is 536 g/mol. The second-order valence-corrected chi connectivity index (χ2v) is 12.9. The molecular formula is C31H46B2O6. The lowest BCUT2D eigenvalue weighted by Crippen LogP contribution is -2.41. The van der Waals surface area contributed by atoms with Crippen LogP contribution >= 0.6 is 0 Å². The smallest absolute Gasteiger partial charge is 0.462 e. The summed E-state index contributed by atoms with van der Waals surface area (Å²) in [6.45, 7) is 20.7. The van der Waals surface area contributed by atoms with Crippen molar-refractivity contribution in [2.24, 2.45) is 0 Å². The molecule has 0 spiro atoms. The zero-order valence-electron chi connectivity index (χ0n) is 25.2. The lowest BCUT2D eigenvalue weighted by Gasteiger charge is -2.37. The Morgan fingerprint density at radius 3 is 1.90 bits per heavy atom. The molecule has 0 amide bonds. The molecule has 6 nitrogen and oxygen atoms in total. The number of rotatable bonds is 9. The highest BCUT2D eigenvalue weighted by Gasteiger charge is 2.52. The fraction of sp³-hybridized carbons (Fsp3) is 0.613. The normalized spacial score (nSPS) is 25.3. The molecule has 3 aliphatic rings.